The molecule has 1 nitrogen and oxygen atoms in total. The van der Waals surface area contributed by atoms with Gasteiger partial charge in [-0.25, -0.2) is 8.78 Å². The smallest absolute Gasteiger partial charge is 0.123 e. The average molecular weight is 261 g/mol. The first kappa shape index (κ1) is 13.7. The lowest BCUT2D eigenvalue weighted by Crippen LogP contribution is -2.17. The molecule has 0 saturated heterocycles. The first-order valence-corrected chi connectivity index (χ1v) is 6.35. The molecule has 0 aromatic heterocycles. The molecule has 0 spiro atoms. The van der Waals surface area contributed by atoms with Crippen molar-refractivity contribution in [1.82, 2.24) is 5.32 Å². The van der Waals surface area contributed by atoms with Crippen molar-refractivity contribution >= 4 is 0 Å². The normalized spacial score (nSPS) is 10.7. The minimum atomic E-state index is -0.217. The van der Waals surface area contributed by atoms with Crippen molar-refractivity contribution in [2.45, 2.75) is 19.9 Å². The lowest BCUT2D eigenvalue weighted by Gasteiger charge is -2.07. The lowest BCUT2D eigenvalue weighted by atomic mass is 10.1. The van der Waals surface area contributed by atoms with Crippen molar-refractivity contribution in [3.8, 4) is 0 Å². The minimum absolute atomic E-state index is 0.194. The Kier molecular flexibility index (Phi) is 4.63. The van der Waals surface area contributed by atoms with E-state index >= 15 is 0 Å². The third kappa shape index (κ3) is 4.14. The maximum absolute atomic E-state index is 12.9. The van der Waals surface area contributed by atoms with E-state index in [1.165, 1.54) is 18.2 Å². The molecular weight excluding hydrogens is 244 g/mol. The van der Waals surface area contributed by atoms with Gasteiger partial charge in [0.1, 0.15) is 11.6 Å². The van der Waals surface area contributed by atoms with Crippen LogP contribution in [0.5, 0.6) is 0 Å². The summed E-state index contributed by atoms with van der Waals surface area (Å²) in [5.41, 5.74) is 3.17. The Morgan fingerprint density at radius 1 is 0.947 bits per heavy atom. The molecule has 0 aliphatic rings. The van der Waals surface area contributed by atoms with Crippen LogP contribution in [0.2, 0.25) is 0 Å². The van der Waals surface area contributed by atoms with Gasteiger partial charge < -0.3 is 5.32 Å². The van der Waals surface area contributed by atoms with Gasteiger partial charge in [0.15, 0.2) is 0 Å². The number of rotatable bonds is 5. The Balaban J connectivity index is 1.79. The third-order valence-corrected chi connectivity index (χ3v) is 3.12. The Morgan fingerprint density at radius 2 is 1.63 bits per heavy atom. The van der Waals surface area contributed by atoms with Gasteiger partial charge in [0, 0.05) is 6.54 Å². The topological polar surface area (TPSA) is 12.0 Å². The summed E-state index contributed by atoms with van der Waals surface area (Å²) in [6.07, 6.45) is 0.854. The standard InChI is InChI=1S/C16H17F2N/c1-12-10-16(18)7-4-14(12)8-9-19-11-13-2-5-15(17)6-3-13/h2-7,10,19H,8-9,11H2,1H3. The predicted molar refractivity (Wildman–Crippen MR) is 72.9 cm³/mol. The Hall–Kier alpha value is -1.74. The highest BCUT2D eigenvalue weighted by Crippen LogP contribution is 2.10. The van der Waals surface area contributed by atoms with Crippen molar-refractivity contribution in [3.63, 3.8) is 0 Å². The van der Waals surface area contributed by atoms with Crippen LogP contribution in [0.3, 0.4) is 0 Å². The van der Waals surface area contributed by atoms with E-state index in [1.807, 2.05) is 13.0 Å². The summed E-state index contributed by atoms with van der Waals surface area (Å²) in [6, 6.07) is 11.3. The third-order valence-electron chi connectivity index (χ3n) is 3.12. The van der Waals surface area contributed by atoms with Gasteiger partial charge in [-0.15, -0.1) is 0 Å². The van der Waals surface area contributed by atoms with Crippen molar-refractivity contribution < 1.29 is 8.78 Å². The fourth-order valence-corrected chi connectivity index (χ4v) is 2.00. The number of aryl methyl sites for hydroxylation is 1. The molecule has 0 aliphatic carbocycles. The summed E-state index contributed by atoms with van der Waals surface area (Å²) in [7, 11) is 0. The van der Waals surface area contributed by atoms with Crippen LogP contribution in [-0.4, -0.2) is 6.54 Å². The van der Waals surface area contributed by atoms with Gasteiger partial charge in [-0.1, -0.05) is 18.2 Å². The number of nitrogens with one attached hydrogen (secondary N) is 1. The van der Waals surface area contributed by atoms with Gasteiger partial charge in [0.25, 0.3) is 0 Å². The van der Waals surface area contributed by atoms with E-state index in [2.05, 4.69) is 5.32 Å². The molecule has 2 aromatic carbocycles. The van der Waals surface area contributed by atoms with E-state index in [-0.39, 0.29) is 11.6 Å². The van der Waals surface area contributed by atoms with Crippen molar-refractivity contribution in [2.75, 3.05) is 6.54 Å². The van der Waals surface area contributed by atoms with Gasteiger partial charge in [-0.2, -0.15) is 0 Å². The van der Waals surface area contributed by atoms with Crippen LogP contribution in [-0.2, 0) is 13.0 Å². The van der Waals surface area contributed by atoms with Crippen LogP contribution in [0.1, 0.15) is 16.7 Å². The fourth-order valence-electron chi connectivity index (χ4n) is 2.00. The molecule has 0 fully saturated rings. The first-order valence-electron chi connectivity index (χ1n) is 6.35. The van der Waals surface area contributed by atoms with E-state index in [1.54, 1.807) is 18.2 Å². The summed E-state index contributed by atoms with van der Waals surface area (Å²) in [6.45, 7) is 3.43. The molecule has 0 radical (unpaired) electrons. The van der Waals surface area contributed by atoms with E-state index in [0.717, 1.165) is 29.7 Å². The average Bonchev–Trinajstić information content (AvgIpc) is 2.39. The lowest BCUT2D eigenvalue weighted by molar-refractivity contribution is 0.622. The van der Waals surface area contributed by atoms with E-state index in [4.69, 9.17) is 0 Å². The van der Waals surface area contributed by atoms with Crippen molar-refractivity contribution in [1.29, 1.82) is 0 Å². The molecular formula is C16H17F2N. The van der Waals surface area contributed by atoms with Gasteiger partial charge >= 0.3 is 0 Å². The molecule has 0 heterocycles. The molecule has 1 N–H and O–H groups in total. The highest BCUT2D eigenvalue weighted by Gasteiger charge is 2.00. The fraction of sp³-hybridized carbons (Fsp3) is 0.250. The number of hydrogen-bond acceptors (Lipinski definition) is 1. The summed E-state index contributed by atoms with van der Waals surface area (Å²) < 4.78 is 25.7. The highest BCUT2D eigenvalue weighted by molar-refractivity contribution is 5.26. The van der Waals surface area contributed by atoms with Crippen LogP contribution in [0.25, 0.3) is 0 Å². The molecule has 100 valence electrons. The van der Waals surface area contributed by atoms with Gasteiger partial charge in [0.2, 0.25) is 0 Å². The number of benzene rings is 2. The number of halogens is 2. The zero-order valence-electron chi connectivity index (χ0n) is 10.9. The van der Waals surface area contributed by atoms with E-state index in [0.29, 0.717) is 6.54 Å². The van der Waals surface area contributed by atoms with Gasteiger partial charge in [0.05, 0.1) is 0 Å². The molecule has 2 rings (SSSR count). The summed E-state index contributed by atoms with van der Waals surface area (Å²) >= 11 is 0. The zero-order chi connectivity index (χ0) is 13.7. The molecule has 0 bridgehead atoms. The summed E-state index contributed by atoms with van der Waals surface area (Å²) in [5, 5.41) is 3.30. The second kappa shape index (κ2) is 6.43. The summed E-state index contributed by atoms with van der Waals surface area (Å²) in [5.74, 6) is -0.411. The van der Waals surface area contributed by atoms with Crippen LogP contribution in [0, 0.1) is 18.6 Å². The largest absolute Gasteiger partial charge is 0.312 e. The Labute approximate surface area is 112 Å². The molecule has 0 aliphatic heterocycles. The summed E-state index contributed by atoms with van der Waals surface area (Å²) in [4.78, 5) is 0. The molecule has 2 aromatic rings. The maximum atomic E-state index is 12.9. The molecule has 0 unspecified atom stereocenters. The number of hydrogen-bond donors (Lipinski definition) is 1. The molecule has 0 amide bonds. The Morgan fingerprint density at radius 3 is 2.32 bits per heavy atom. The van der Waals surface area contributed by atoms with Crippen LogP contribution >= 0.6 is 0 Å². The monoisotopic (exact) mass is 261 g/mol. The molecule has 19 heavy (non-hydrogen) atoms. The molecule has 0 saturated carbocycles. The molecule has 0 atom stereocenters. The minimum Gasteiger partial charge on any atom is -0.312 e. The second-order valence-electron chi connectivity index (χ2n) is 4.62. The van der Waals surface area contributed by atoms with Crippen LogP contribution in [0.4, 0.5) is 8.78 Å². The predicted octanol–water partition coefficient (Wildman–Crippen LogP) is 3.61. The maximum Gasteiger partial charge on any atom is 0.123 e. The first-order chi connectivity index (χ1) is 9.15. The van der Waals surface area contributed by atoms with Crippen LogP contribution in [0.15, 0.2) is 42.5 Å². The zero-order valence-corrected chi connectivity index (χ0v) is 10.9. The Bertz CT molecular complexity index is 535. The van der Waals surface area contributed by atoms with Crippen LogP contribution < -0.4 is 5.32 Å². The SMILES string of the molecule is Cc1cc(F)ccc1CCNCc1ccc(F)cc1. The quantitative estimate of drug-likeness (QED) is 0.811. The van der Waals surface area contributed by atoms with Gasteiger partial charge in [-0.05, 0) is 60.8 Å². The van der Waals surface area contributed by atoms with Crippen molar-refractivity contribution in [2.24, 2.45) is 0 Å². The second-order valence-corrected chi connectivity index (χ2v) is 4.62. The van der Waals surface area contributed by atoms with E-state index < -0.39 is 0 Å². The molecule has 3 heteroatoms. The van der Waals surface area contributed by atoms with E-state index in [9.17, 15) is 8.78 Å². The van der Waals surface area contributed by atoms with Crippen molar-refractivity contribution in [3.05, 3.63) is 70.8 Å². The van der Waals surface area contributed by atoms with Gasteiger partial charge in [-0.3, -0.25) is 0 Å². The highest BCUT2D eigenvalue weighted by atomic mass is 19.1.